The molecule has 2 heterocycles. The van der Waals surface area contributed by atoms with Crippen molar-refractivity contribution in [1.29, 1.82) is 0 Å². The van der Waals surface area contributed by atoms with Crippen molar-refractivity contribution in [1.82, 2.24) is 14.1 Å². The molecule has 0 amide bonds. The van der Waals surface area contributed by atoms with Gasteiger partial charge >= 0.3 is 0 Å². The normalized spacial score (nSPS) is 25.7. The number of rotatable bonds is 2. The molecule has 0 aliphatic carbocycles. The van der Waals surface area contributed by atoms with Gasteiger partial charge in [0.05, 0.1) is 6.20 Å². The van der Waals surface area contributed by atoms with Gasteiger partial charge in [-0.05, 0) is 12.3 Å². The number of aromatic nitrogens is 2. The van der Waals surface area contributed by atoms with Crippen LogP contribution in [0.2, 0.25) is 0 Å². The third kappa shape index (κ3) is 2.85. The summed E-state index contributed by atoms with van der Waals surface area (Å²) < 4.78 is 27.6. The fourth-order valence-electron chi connectivity index (χ4n) is 2.02. The van der Waals surface area contributed by atoms with E-state index in [1.807, 2.05) is 6.92 Å². The van der Waals surface area contributed by atoms with Gasteiger partial charge in [0.2, 0.25) is 10.0 Å². The molecule has 1 fully saturated rings. The van der Waals surface area contributed by atoms with Crippen molar-refractivity contribution in [2.45, 2.75) is 24.3 Å². The van der Waals surface area contributed by atoms with Crippen LogP contribution < -0.4 is 5.73 Å². The van der Waals surface area contributed by atoms with Gasteiger partial charge in [0, 0.05) is 32.4 Å². The number of nitrogens with two attached hydrogens (primary N) is 1. The van der Waals surface area contributed by atoms with Gasteiger partial charge in [0.1, 0.15) is 4.90 Å². The molecular formula is C10H19ClN4O2S. The molecule has 0 aromatic carbocycles. The van der Waals surface area contributed by atoms with E-state index < -0.39 is 10.0 Å². The monoisotopic (exact) mass is 294 g/mol. The highest BCUT2D eigenvalue weighted by Gasteiger charge is 2.32. The standard InChI is InChI=1S/C10H18N4O2S.ClH/c1-8-6-14(4-3-10(8)11)17(15,16)9-5-12-13(2)7-9;/h5,7-8,10H,3-4,6,11H2,1-2H3;1H. The number of halogens is 1. The highest BCUT2D eigenvalue weighted by Crippen LogP contribution is 2.22. The Kier molecular flexibility index (Phi) is 4.77. The Morgan fingerprint density at radius 1 is 1.50 bits per heavy atom. The number of nitrogens with zero attached hydrogens (tertiary/aromatic N) is 3. The second kappa shape index (κ2) is 5.56. The number of aryl methyl sites for hydroxylation is 1. The minimum atomic E-state index is -3.40. The second-order valence-corrected chi connectivity index (χ2v) is 6.58. The molecule has 0 radical (unpaired) electrons. The summed E-state index contributed by atoms with van der Waals surface area (Å²) in [6, 6.07) is 0.0929. The van der Waals surface area contributed by atoms with Gasteiger partial charge in [-0.2, -0.15) is 9.40 Å². The summed E-state index contributed by atoms with van der Waals surface area (Å²) in [5.41, 5.74) is 5.89. The summed E-state index contributed by atoms with van der Waals surface area (Å²) in [4.78, 5) is 0.252. The molecule has 6 nitrogen and oxygen atoms in total. The zero-order chi connectivity index (χ0) is 12.6. The molecule has 1 aromatic rings. The highest BCUT2D eigenvalue weighted by atomic mass is 35.5. The summed E-state index contributed by atoms with van der Waals surface area (Å²) in [5, 5.41) is 3.90. The molecule has 2 unspecified atom stereocenters. The zero-order valence-corrected chi connectivity index (χ0v) is 12.1. The zero-order valence-electron chi connectivity index (χ0n) is 10.5. The van der Waals surface area contributed by atoms with E-state index in [2.05, 4.69) is 5.10 Å². The van der Waals surface area contributed by atoms with E-state index >= 15 is 0 Å². The molecular weight excluding hydrogens is 276 g/mol. The van der Waals surface area contributed by atoms with E-state index in [1.54, 1.807) is 7.05 Å². The summed E-state index contributed by atoms with van der Waals surface area (Å²) >= 11 is 0. The first-order valence-electron chi connectivity index (χ1n) is 5.65. The molecule has 0 saturated carbocycles. The molecule has 1 saturated heterocycles. The molecule has 104 valence electrons. The second-order valence-electron chi connectivity index (χ2n) is 4.64. The smallest absolute Gasteiger partial charge is 0.246 e. The molecule has 1 aliphatic rings. The lowest BCUT2D eigenvalue weighted by atomic mass is 9.96. The summed E-state index contributed by atoms with van der Waals surface area (Å²) in [7, 11) is -1.70. The molecule has 1 aliphatic heterocycles. The van der Waals surface area contributed by atoms with Gasteiger partial charge in [0.25, 0.3) is 0 Å². The SMILES string of the molecule is CC1CN(S(=O)(=O)c2cnn(C)c2)CCC1N.Cl. The topological polar surface area (TPSA) is 81.2 Å². The van der Waals surface area contributed by atoms with Crippen molar-refractivity contribution in [3.8, 4) is 0 Å². The fourth-order valence-corrected chi connectivity index (χ4v) is 3.57. The van der Waals surface area contributed by atoms with E-state index in [1.165, 1.54) is 21.4 Å². The Morgan fingerprint density at radius 2 is 2.17 bits per heavy atom. The van der Waals surface area contributed by atoms with Gasteiger partial charge < -0.3 is 5.73 Å². The minimum Gasteiger partial charge on any atom is -0.327 e. The molecule has 2 N–H and O–H groups in total. The van der Waals surface area contributed by atoms with Crippen LogP contribution in [-0.2, 0) is 17.1 Å². The number of hydrogen-bond acceptors (Lipinski definition) is 4. The molecule has 2 atom stereocenters. The first-order chi connectivity index (χ1) is 7.91. The van der Waals surface area contributed by atoms with Crippen LogP contribution in [0, 0.1) is 5.92 Å². The van der Waals surface area contributed by atoms with Crippen molar-refractivity contribution < 1.29 is 8.42 Å². The Bertz CT molecular complexity index is 502. The van der Waals surface area contributed by atoms with Gasteiger partial charge in [-0.1, -0.05) is 6.92 Å². The minimum absolute atomic E-state index is 0. The number of piperidine rings is 1. The van der Waals surface area contributed by atoms with E-state index in [0.717, 1.165) is 0 Å². The highest BCUT2D eigenvalue weighted by molar-refractivity contribution is 7.89. The van der Waals surface area contributed by atoms with Crippen LogP contribution in [0.5, 0.6) is 0 Å². The van der Waals surface area contributed by atoms with Gasteiger partial charge in [-0.25, -0.2) is 8.42 Å². The van der Waals surface area contributed by atoms with Crippen molar-refractivity contribution >= 4 is 22.4 Å². The summed E-state index contributed by atoms with van der Waals surface area (Å²) in [6.45, 7) is 2.96. The maximum atomic E-state index is 12.3. The average Bonchev–Trinajstić information content (AvgIpc) is 2.69. The largest absolute Gasteiger partial charge is 0.327 e. The van der Waals surface area contributed by atoms with Crippen molar-refractivity contribution in [2.24, 2.45) is 18.7 Å². The molecule has 18 heavy (non-hydrogen) atoms. The quantitative estimate of drug-likeness (QED) is 0.845. The number of sulfonamides is 1. The number of hydrogen-bond donors (Lipinski definition) is 1. The third-order valence-electron chi connectivity index (χ3n) is 3.25. The molecule has 0 bridgehead atoms. The molecule has 8 heteroatoms. The van der Waals surface area contributed by atoms with Gasteiger partial charge in [-0.3, -0.25) is 4.68 Å². The Balaban J connectivity index is 0.00000162. The van der Waals surface area contributed by atoms with Crippen molar-refractivity contribution in [2.75, 3.05) is 13.1 Å². The molecule has 1 aromatic heterocycles. The van der Waals surface area contributed by atoms with Crippen LogP contribution in [0.1, 0.15) is 13.3 Å². The Hall–Kier alpha value is -0.630. The van der Waals surface area contributed by atoms with Crippen LogP contribution in [0.15, 0.2) is 17.3 Å². The van der Waals surface area contributed by atoms with Crippen LogP contribution in [0.25, 0.3) is 0 Å². The van der Waals surface area contributed by atoms with Crippen LogP contribution >= 0.6 is 12.4 Å². The average molecular weight is 295 g/mol. The van der Waals surface area contributed by atoms with Crippen LogP contribution in [0.4, 0.5) is 0 Å². The maximum Gasteiger partial charge on any atom is 0.246 e. The Morgan fingerprint density at radius 3 is 2.67 bits per heavy atom. The Labute approximate surface area is 114 Å². The van der Waals surface area contributed by atoms with Crippen LogP contribution in [0.3, 0.4) is 0 Å². The lowest BCUT2D eigenvalue weighted by molar-refractivity contribution is 0.250. The van der Waals surface area contributed by atoms with Crippen molar-refractivity contribution in [3.63, 3.8) is 0 Å². The fraction of sp³-hybridized carbons (Fsp3) is 0.700. The van der Waals surface area contributed by atoms with E-state index in [9.17, 15) is 8.42 Å². The summed E-state index contributed by atoms with van der Waals surface area (Å²) in [6.07, 6.45) is 3.61. The van der Waals surface area contributed by atoms with Crippen LogP contribution in [-0.4, -0.2) is 41.6 Å². The lowest BCUT2D eigenvalue weighted by Gasteiger charge is -2.33. The first-order valence-corrected chi connectivity index (χ1v) is 7.09. The van der Waals surface area contributed by atoms with E-state index in [4.69, 9.17) is 5.73 Å². The maximum absolute atomic E-state index is 12.3. The molecule has 0 spiro atoms. The molecule has 2 rings (SSSR count). The van der Waals surface area contributed by atoms with E-state index in [0.29, 0.717) is 19.5 Å². The predicted molar refractivity (Wildman–Crippen MR) is 71.0 cm³/mol. The van der Waals surface area contributed by atoms with Gasteiger partial charge in [-0.15, -0.1) is 12.4 Å². The van der Waals surface area contributed by atoms with Crippen molar-refractivity contribution in [3.05, 3.63) is 12.4 Å². The first kappa shape index (κ1) is 15.4. The van der Waals surface area contributed by atoms with Gasteiger partial charge in [0.15, 0.2) is 0 Å². The predicted octanol–water partition coefficient (Wildman–Crippen LogP) is 0.200. The summed E-state index contributed by atoms with van der Waals surface area (Å²) in [5.74, 6) is 0.190. The third-order valence-corrected chi connectivity index (χ3v) is 5.07. The van der Waals surface area contributed by atoms with E-state index in [-0.39, 0.29) is 29.3 Å². The lowest BCUT2D eigenvalue weighted by Crippen LogP contribution is -2.47.